The number of carbonyl (C=O) groups is 1. The zero-order valence-electron chi connectivity index (χ0n) is 17.0. The molecule has 1 N–H and O–H groups in total. The minimum absolute atomic E-state index is 0.205. The highest BCUT2D eigenvalue weighted by atomic mass is 35.5. The molecule has 1 aliphatic heterocycles. The van der Waals surface area contributed by atoms with Gasteiger partial charge in [0.1, 0.15) is 0 Å². The summed E-state index contributed by atoms with van der Waals surface area (Å²) in [6, 6.07) is 3.17. The number of hydrogen-bond donors (Lipinski definition) is 1. The van der Waals surface area contributed by atoms with E-state index in [0.717, 1.165) is 25.3 Å². The highest BCUT2D eigenvalue weighted by Crippen LogP contribution is 2.36. The van der Waals surface area contributed by atoms with Gasteiger partial charge in [0.2, 0.25) is 0 Å². The lowest BCUT2D eigenvalue weighted by atomic mass is 10.2. The Morgan fingerprint density at radius 2 is 2.10 bits per heavy atom. The average molecular weight is 440 g/mol. The Bertz CT molecular complexity index is 850. The molecule has 0 radical (unpaired) electrons. The third-order valence-electron chi connectivity index (χ3n) is 4.43. The summed E-state index contributed by atoms with van der Waals surface area (Å²) in [5, 5.41) is 5.67. The topological polar surface area (TPSA) is 72.9 Å². The first kappa shape index (κ1) is 21.8. The molecule has 1 fully saturated rings. The summed E-state index contributed by atoms with van der Waals surface area (Å²) in [4.78, 5) is 19.5. The van der Waals surface area contributed by atoms with Crippen molar-refractivity contribution in [1.29, 1.82) is 0 Å². The maximum Gasteiger partial charge on any atom is 0.257 e. The Morgan fingerprint density at radius 3 is 2.76 bits per heavy atom. The second-order valence-corrected chi connectivity index (χ2v) is 8.24. The van der Waals surface area contributed by atoms with Crippen molar-refractivity contribution >= 4 is 34.0 Å². The lowest BCUT2D eigenvalue weighted by Crippen LogP contribution is -2.44. The van der Waals surface area contributed by atoms with Gasteiger partial charge in [0, 0.05) is 30.6 Å². The Balaban J connectivity index is 1.66. The molecule has 1 aromatic carbocycles. The molecule has 1 aliphatic rings. The number of nitrogens with one attached hydrogen (secondary N) is 1. The van der Waals surface area contributed by atoms with Gasteiger partial charge in [-0.15, -0.1) is 11.3 Å². The molecule has 158 valence electrons. The Hall–Kier alpha value is -1.87. The van der Waals surface area contributed by atoms with E-state index in [1.165, 1.54) is 18.4 Å². The Labute approximate surface area is 179 Å². The largest absolute Gasteiger partial charge is 0.493 e. The van der Waals surface area contributed by atoms with Gasteiger partial charge in [-0.1, -0.05) is 11.6 Å². The minimum atomic E-state index is -0.303. The van der Waals surface area contributed by atoms with Gasteiger partial charge in [-0.05, 0) is 32.9 Å². The van der Waals surface area contributed by atoms with E-state index < -0.39 is 0 Å². The number of carbonyl (C=O) groups excluding carboxylic acids is 1. The summed E-state index contributed by atoms with van der Waals surface area (Å²) >= 11 is 7.66. The van der Waals surface area contributed by atoms with Crippen LogP contribution < -0.4 is 14.8 Å². The van der Waals surface area contributed by atoms with Crippen LogP contribution in [0.3, 0.4) is 0 Å². The van der Waals surface area contributed by atoms with E-state index in [2.05, 4.69) is 29.0 Å². The molecular formula is C20H26ClN3O4S. The maximum atomic E-state index is 12.7. The van der Waals surface area contributed by atoms with Crippen LogP contribution in [-0.2, 0) is 11.3 Å². The number of nitrogens with zero attached hydrogens (tertiary/aromatic N) is 2. The fourth-order valence-corrected chi connectivity index (χ4v) is 4.35. The predicted molar refractivity (Wildman–Crippen MR) is 115 cm³/mol. The molecule has 1 saturated heterocycles. The van der Waals surface area contributed by atoms with Crippen molar-refractivity contribution < 1.29 is 19.0 Å². The fraction of sp³-hybridized carbons (Fsp3) is 0.500. The molecule has 1 amide bonds. The van der Waals surface area contributed by atoms with Crippen molar-refractivity contribution in [3.8, 4) is 11.5 Å². The van der Waals surface area contributed by atoms with E-state index in [-0.39, 0.29) is 18.1 Å². The molecule has 0 bridgehead atoms. The summed E-state index contributed by atoms with van der Waals surface area (Å²) < 4.78 is 16.6. The van der Waals surface area contributed by atoms with Gasteiger partial charge in [-0.25, -0.2) is 4.98 Å². The zero-order valence-corrected chi connectivity index (χ0v) is 18.6. The number of morpholine rings is 1. The molecule has 3 rings (SSSR count). The van der Waals surface area contributed by atoms with Crippen LogP contribution in [0, 0.1) is 0 Å². The van der Waals surface area contributed by atoms with Crippen LogP contribution in [0.4, 0.5) is 5.13 Å². The van der Waals surface area contributed by atoms with Crippen molar-refractivity contribution in [3.63, 3.8) is 0 Å². The summed E-state index contributed by atoms with van der Waals surface area (Å²) in [5.74, 6) is 0.543. The molecule has 2 heterocycles. The highest BCUT2D eigenvalue weighted by molar-refractivity contribution is 7.14. The van der Waals surface area contributed by atoms with Gasteiger partial charge >= 0.3 is 0 Å². The molecule has 29 heavy (non-hydrogen) atoms. The number of thiazole rings is 1. The van der Waals surface area contributed by atoms with E-state index in [0.29, 0.717) is 33.8 Å². The number of methoxy groups -OCH3 is 1. The van der Waals surface area contributed by atoms with Gasteiger partial charge in [0.15, 0.2) is 16.6 Å². The van der Waals surface area contributed by atoms with Gasteiger partial charge in [-0.3, -0.25) is 15.0 Å². The number of ether oxygens (including phenoxy) is 3. The van der Waals surface area contributed by atoms with E-state index in [1.54, 1.807) is 12.1 Å². The SMILES string of the molecule is CCOc1c(Cl)cc(C(=O)Nc2nc(CN3C[C@@H](C)O[C@@H](C)C3)cs2)cc1OC. The van der Waals surface area contributed by atoms with E-state index in [1.807, 2.05) is 12.3 Å². The zero-order chi connectivity index (χ0) is 21.0. The van der Waals surface area contributed by atoms with Crippen molar-refractivity contribution in [1.82, 2.24) is 9.88 Å². The van der Waals surface area contributed by atoms with Crippen molar-refractivity contribution in [2.45, 2.75) is 39.5 Å². The predicted octanol–water partition coefficient (Wildman–Crippen LogP) is 4.07. The van der Waals surface area contributed by atoms with Crippen molar-refractivity contribution in [2.75, 3.05) is 32.1 Å². The van der Waals surface area contributed by atoms with Gasteiger partial charge in [0.25, 0.3) is 5.91 Å². The minimum Gasteiger partial charge on any atom is -0.493 e. The normalized spacial score (nSPS) is 19.8. The lowest BCUT2D eigenvalue weighted by Gasteiger charge is -2.34. The molecule has 2 atom stereocenters. The molecule has 7 nitrogen and oxygen atoms in total. The third-order valence-corrected chi connectivity index (χ3v) is 5.52. The number of hydrogen-bond acceptors (Lipinski definition) is 7. The van der Waals surface area contributed by atoms with Crippen LogP contribution in [0.15, 0.2) is 17.5 Å². The Kier molecular flexibility index (Phi) is 7.34. The summed E-state index contributed by atoms with van der Waals surface area (Å²) in [7, 11) is 1.51. The number of benzene rings is 1. The first-order valence-corrected chi connectivity index (χ1v) is 10.8. The number of halogens is 1. The van der Waals surface area contributed by atoms with Crippen molar-refractivity contribution in [2.24, 2.45) is 0 Å². The molecule has 0 unspecified atom stereocenters. The quantitative estimate of drug-likeness (QED) is 0.701. The molecule has 9 heteroatoms. The van der Waals surface area contributed by atoms with E-state index in [9.17, 15) is 4.79 Å². The molecule has 1 aromatic heterocycles. The second kappa shape index (κ2) is 9.75. The number of anilines is 1. The highest BCUT2D eigenvalue weighted by Gasteiger charge is 2.23. The molecule has 0 saturated carbocycles. The van der Waals surface area contributed by atoms with Crippen LogP contribution in [-0.4, -0.2) is 54.8 Å². The molecular weight excluding hydrogens is 414 g/mol. The van der Waals surface area contributed by atoms with Crippen LogP contribution in [0.1, 0.15) is 36.8 Å². The number of amides is 1. The molecule has 2 aromatic rings. The van der Waals surface area contributed by atoms with E-state index >= 15 is 0 Å². The second-order valence-electron chi connectivity index (χ2n) is 6.97. The maximum absolute atomic E-state index is 12.7. The van der Waals surface area contributed by atoms with E-state index in [4.69, 9.17) is 25.8 Å². The summed E-state index contributed by atoms with van der Waals surface area (Å²) in [6.07, 6.45) is 0.409. The summed E-state index contributed by atoms with van der Waals surface area (Å²) in [6.45, 7) is 8.92. The number of aromatic nitrogens is 1. The monoisotopic (exact) mass is 439 g/mol. The van der Waals surface area contributed by atoms with Crippen LogP contribution >= 0.6 is 22.9 Å². The molecule has 0 aliphatic carbocycles. The fourth-order valence-electron chi connectivity index (χ4n) is 3.38. The first-order chi connectivity index (χ1) is 13.9. The van der Waals surface area contributed by atoms with Gasteiger partial charge < -0.3 is 14.2 Å². The third kappa shape index (κ3) is 5.60. The van der Waals surface area contributed by atoms with Crippen molar-refractivity contribution in [3.05, 3.63) is 33.8 Å². The van der Waals surface area contributed by atoms with Gasteiger partial charge in [-0.2, -0.15) is 0 Å². The van der Waals surface area contributed by atoms with Crippen LogP contribution in [0.5, 0.6) is 11.5 Å². The lowest BCUT2D eigenvalue weighted by molar-refractivity contribution is -0.0707. The van der Waals surface area contributed by atoms with Gasteiger partial charge in [0.05, 0.1) is 36.6 Å². The smallest absolute Gasteiger partial charge is 0.257 e. The van der Waals surface area contributed by atoms with Crippen LogP contribution in [0.2, 0.25) is 5.02 Å². The molecule has 0 spiro atoms. The number of rotatable bonds is 7. The summed E-state index contributed by atoms with van der Waals surface area (Å²) in [5.41, 5.74) is 1.30. The van der Waals surface area contributed by atoms with Crippen LogP contribution in [0.25, 0.3) is 0 Å². The average Bonchev–Trinajstić information content (AvgIpc) is 3.09. The Morgan fingerprint density at radius 1 is 1.38 bits per heavy atom. The first-order valence-electron chi connectivity index (χ1n) is 9.53. The standard InChI is InChI=1S/C20H26ClN3O4S/c1-5-27-18-16(21)6-14(7-17(18)26-4)19(25)23-20-22-15(11-29-20)10-24-8-12(2)28-13(3)9-24/h6-7,11-13H,5,8-10H2,1-4H3,(H,22,23,25)/t12-,13+.